The zero-order valence-corrected chi connectivity index (χ0v) is 16.0. The Bertz CT molecular complexity index is 1010. The number of carbonyl (C=O) groups excluding carboxylic acids is 1. The third-order valence-electron chi connectivity index (χ3n) is 4.67. The van der Waals surface area contributed by atoms with Gasteiger partial charge in [0.15, 0.2) is 0 Å². The average molecular weight is 397 g/mol. The Labute approximate surface area is 167 Å². The van der Waals surface area contributed by atoms with E-state index in [0.717, 1.165) is 31.4 Å². The number of aryl methyl sites for hydroxylation is 2. The highest BCUT2D eigenvalue weighted by molar-refractivity contribution is 5.99. The molecule has 0 unspecified atom stereocenters. The van der Waals surface area contributed by atoms with Gasteiger partial charge in [-0.05, 0) is 54.7 Å². The second kappa shape index (κ2) is 8.68. The number of ether oxygens (including phenoxy) is 1. The standard InChI is InChI=1S/C22H21F2N3O2/c1-13(27-22(28)21-17(23)7-4-8-18(21)24)12-26-19(11-25)16-9-14-5-3-6-15(14)10-20(16)29-2/h4,7-12H,1,3,5-6,25H2,2H3,(H,27,28)/b19-11-,26-12?. The first-order chi connectivity index (χ1) is 13.9. The summed E-state index contributed by atoms with van der Waals surface area (Å²) in [6.07, 6.45) is 5.66. The van der Waals surface area contributed by atoms with E-state index >= 15 is 0 Å². The number of nitrogens with one attached hydrogen (secondary N) is 1. The van der Waals surface area contributed by atoms with Gasteiger partial charge >= 0.3 is 0 Å². The number of carbonyl (C=O) groups is 1. The van der Waals surface area contributed by atoms with Gasteiger partial charge in [0.05, 0.1) is 24.7 Å². The van der Waals surface area contributed by atoms with Crippen molar-refractivity contribution >= 4 is 17.8 Å². The predicted octanol–water partition coefficient (Wildman–Crippen LogP) is 3.73. The van der Waals surface area contributed by atoms with Crippen LogP contribution in [0.15, 0.2) is 53.8 Å². The molecule has 0 spiro atoms. The number of allylic oxidation sites excluding steroid dienone is 1. The molecule has 2 aromatic carbocycles. The lowest BCUT2D eigenvalue weighted by atomic mass is 10.0. The van der Waals surface area contributed by atoms with Gasteiger partial charge in [0.25, 0.3) is 5.91 Å². The van der Waals surface area contributed by atoms with E-state index in [2.05, 4.69) is 16.9 Å². The molecule has 7 heteroatoms. The van der Waals surface area contributed by atoms with Gasteiger partial charge in [0.1, 0.15) is 22.9 Å². The molecule has 1 amide bonds. The summed E-state index contributed by atoms with van der Waals surface area (Å²) >= 11 is 0. The maximum Gasteiger partial charge on any atom is 0.261 e. The number of hydrogen-bond donors (Lipinski definition) is 2. The maximum atomic E-state index is 13.7. The number of halogens is 2. The van der Waals surface area contributed by atoms with Crippen LogP contribution in [0.25, 0.3) is 5.70 Å². The van der Waals surface area contributed by atoms with Crippen LogP contribution in [0.3, 0.4) is 0 Å². The molecule has 3 N–H and O–H groups in total. The molecule has 5 nitrogen and oxygen atoms in total. The van der Waals surface area contributed by atoms with Gasteiger partial charge in [0.2, 0.25) is 0 Å². The fourth-order valence-electron chi connectivity index (χ4n) is 3.28. The molecule has 29 heavy (non-hydrogen) atoms. The van der Waals surface area contributed by atoms with Crippen molar-refractivity contribution in [1.29, 1.82) is 0 Å². The Morgan fingerprint density at radius 2 is 1.90 bits per heavy atom. The zero-order valence-electron chi connectivity index (χ0n) is 16.0. The summed E-state index contributed by atoms with van der Waals surface area (Å²) in [5.41, 5.74) is 8.71. The molecular formula is C22H21F2N3O2. The van der Waals surface area contributed by atoms with Crippen LogP contribution >= 0.6 is 0 Å². The highest BCUT2D eigenvalue weighted by atomic mass is 19.1. The van der Waals surface area contributed by atoms with Crippen LogP contribution in [-0.2, 0) is 12.8 Å². The Balaban J connectivity index is 1.78. The number of nitrogens with zero attached hydrogens (tertiary/aromatic N) is 1. The van der Waals surface area contributed by atoms with Crippen molar-refractivity contribution in [1.82, 2.24) is 5.32 Å². The molecule has 0 aromatic heterocycles. The molecule has 1 aliphatic rings. The molecule has 0 fully saturated rings. The molecule has 0 bridgehead atoms. The minimum atomic E-state index is -0.961. The van der Waals surface area contributed by atoms with Crippen LogP contribution in [0.2, 0.25) is 0 Å². The average Bonchev–Trinajstić information content (AvgIpc) is 3.15. The van der Waals surface area contributed by atoms with Crippen molar-refractivity contribution in [2.75, 3.05) is 7.11 Å². The molecule has 0 radical (unpaired) electrons. The van der Waals surface area contributed by atoms with E-state index in [1.807, 2.05) is 12.1 Å². The van der Waals surface area contributed by atoms with Crippen molar-refractivity contribution in [2.24, 2.45) is 10.7 Å². The second-order valence-corrected chi connectivity index (χ2v) is 6.56. The van der Waals surface area contributed by atoms with Crippen LogP contribution in [0.5, 0.6) is 5.75 Å². The first kappa shape index (κ1) is 20.3. The third kappa shape index (κ3) is 4.34. The van der Waals surface area contributed by atoms with Crippen molar-refractivity contribution in [3.63, 3.8) is 0 Å². The Morgan fingerprint density at radius 3 is 2.52 bits per heavy atom. The van der Waals surface area contributed by atoms with E-state index in [0.29, 0.717) is 17.0 Å². The van der Waals surface area contributed by atoms with E-state index < -0.39 is 23.1 Å². The number of amides is 1. The quantitative estimate of drug-likeness (QED) is 0.729. The molecule has 3 rings (SSSR count). The Kier molecular flexibility index (Phi) is 6.07. The molecule has 0 atom stereocenters. The summed E-state index contributed by atoms with van der Waals surface area (Å²) in [4.78, 5) is 16.4. The van der Waals surface area contributed by atoms with Gasteiger partial charge in [-0.2, -0.15) is 0 Å². The Morgan fingerprint density at radius 1 is 1.24 bits per heavy atom. The molecule has 0 saturated heterocycles. The summed E-state index contributed by atoms with van der Waals surface area (Å²) in [6.45, 7) is 3.65. The number of methoxy groups -OCH3 is 1. The zero-order chi connectivity index (χ0) is 21.0. The molecule has 0 saturated carbocycles. The summed E-state index contributed by atoms with van der Waals surface area (Å²) in [7, 11) is 1.57. The number of fused-ring (bicyclic) bond motifs is 1. The largest absolute Gasteiger partial charge is 0.496 e. The van der Waals surface area contributed by atoms with Gasteiger partial charge in [-0.3, -0.25) is 9.79 Å². The monoisotopic (exact) mass is 397 g/mol. The highest BCUT2D eigenvalue weighted by Crippen LogP contribution is 2.34. The van der Waals surface area contributed by atoms with Gasteiger partial charge in [0, 0.05) is 11.8 Å². The number of aliphatic imine (C=N–C) groups is 1. The highest BCUT2D eigenvalue weighted by Gasteiger charge is 2.18. The van der Waals surface area contributed by atoms with Gasteiger partial charge in [-0.25, -0.2) is 8.78 Å². The van der Waals surface area contributed by atoms with Crippen LogP contribution in [0, 0.1) is 11.6 Å². The number of hydrogen-bond acceptors (Lipinski definition) is 4. The molecular weight excluding hydrogens is 376 g/mol. The number of nitrogens with two attached hydrogens (primary N) is 1. The summed E-state index contributed by atoms with van der Waals surface area (Å²) in [5.74, 6) is -2.23. The topological polar surface area (TPSA) is 76.7 Å². The van der Waals surface area contributed by atoms with Gasteiger partial charge in [-0.15, -0.1) is 0 Å². The van der Waals surface area contributed by atoms with Crippen LogP contribution in [-0.4, -0.2) is 19.2 Å². The maximum absolute atomic E-state index is 13.7. The first-order valence-electron chi connectivity index (χ1n) is 9.05. The number of benzene rings is 2. The lowest BCUT2D eigenvalue weighted by Gasteiger charge is -2.12. The lowest BCUT2D eigenvalue weighted by Crippen LogP contribution is -2.25. The van der Waals surface area contributed by atoms with E-state index in [4.69, 9.17) is 10.5 Å². The second-order valence-electron chi connectivity index (χ2n) is 6.56. The fourth-order valence-corrected chi connectivity index (χ4v) is 3.28. The minimum absolute atomic E-state index is 0.0529. The van der Waals surface area contributed by atoms with E-state index in [1.165, 1.54) is 29.6 Å². The minimum Gasteiger partial charge on any atom is -0.496 e. The van der Waals surface area contributed by atoms with Crippen LogP contribution < -0.4 is 15.8 Å². The van der Waals surface area contributed by atoms with Crippen molar-refractivity contribution in [2.45, 2.75) is 19.3 Å². The molecule has 150 valence electrons. The van der Waals surface area contributed by atoms with Crippen LogP contribution in [0.1, 0.15) is 33.5 Å². The van der Waals surface area contributed by atoms with Crippen molar-refractivity contribution in [3.8, 4) is 5.75 Å². The molecule has 1 aliphatic carbocycles. The predicted molar refractivity (Wildman–Crippen MR) is 109 cm³/mol. The van der Waals surface area contributed by atoms with E-state index in [9.17, 15) is 13.6 Å². The van der Waals surface area contributed by atoms with E-state index in [-0.39, 0.29) is 5.70 Å². The summed E-state index contributed by atoms with van der Waals surface area (Å²) in [5, 5.41) is 2.32. The SMILES string of the molecule is C=C(C=N/C(=C\N)c1cc2c(cc1OC)CCC2)NC(=O)c1c(F)cccc1F. The third-order valence-corrected chi connectivity index (χ3v) is 4.67. The van der Waals surface area contributed by atoms with Crippen LogP contribution in [0.4, 0.5) is 8.78 Å². The Hall–Kier alpha value is -3.48. The van der Waals surface area contributed by atoms with Gasteiger partial charge < -0.3 is 15.8 Å². The van der Waals surface area contributed by atoms with E-state index in [1.54, 1.807) is 7.11 Å². The first-order valence-corrected chi connectivity index (χ1v) is 9.05. The molecule has 0 heterocycles. The smallest absolute Gasteiger partial charge is 0.261 e. The molecule has 2 aromatic rings. The normalized spacial score (nSPS) is 13.4. The number of rotatable bonds is 6. The van der Waals surface area contributed by atoms with Crippen molar-refractivity contribution < 1.29 is 18.3 Å². The summed E-state index contributed by atoms with van der Waals surface area (Å²) < 4.78 is 32.9. The summed E-state index contributed by atoms with van der Waals surface area (Å²) in [6, 6.07) is 7.16. The van der Waals surface area contributed by atoms with Gasteiger partial charge in [-0.1, -0.05) is 12.6 Å². The van der Waals surface area contributed by atoms with Crippen molar-refractivity contribution in [3.05, 3.63) is 82.7 Å². The fraction of sp³-hybridized carbons (Fsp3) is 0.182. The lowest BCUT2D eigenvalue weighted by molar-refractivity contribution is 0.0960. The molecule has 0 aliphatic heterocycles.